The Morgan fingerprint density at radius 3 is 2.89 bits per heavy atom. The Kier molecular flexibility index (Phi) is 4.33. The molecule has 0 radical (unpaired) electrons. The van der Waals surface area contributed by atoms with Crippen molar-refractivity contribution >= 4 is 11.6 Å². The zero-order valence-electron chi connectivity index (χ0n) is 10.6. The molecule has 2 aromatic rings. The minimum Gasteiger partial charge on any atom is -0.310 e. The number of pyridine rings is 1. The van der Waals surface area contributed by atoms with Crippen molar-refractivity contribution in [1.29, 1.82) is 0 Å². The summed E-state index contributed by atoms with van der Waals surface area (Å²) in [5.74, 6) is 0. The van der Waals surface area contributed by atoms with Gasteiger partial charge < -0.3 is 5.32 Å². The molecular weight excluding hydrogens is 248 g/mol. The van der Waals surface area contributed by atoms with Crippen LogP contribution in [0.3, 0.4) is 0 Å². The average Bonchev–Trinajstić information content (AvgIpc) is 2.75. The van der Waals surface area contributed by atoms with Gasteiger partial charge in [-0.2, -0.15) is 5.10 Å². The molecule has 2 aromatic heterocycles. The fourth-order valence-electron chi connectivity index (χ4n) is 1.99. The van der Waals surface area contributed by atoms with E-state index in [0.29, 0.717) is 5.02 Å². The van der Waals surface area contributed by atoms with Crippen molar-refractivity contribution in [2.24, 2.45) is 7.05 Å². The number of rotatable bonds is 5. The van der Waals surface area contributed by atoms with Gasteiger partial charge in [-0.15, -0.1) is 0 Å². The van der Waals surface area contributed by atoms with Crippen LogP contribution in [0.5, 0.6) is 0 Å². The molecule has 0 aliphatic heterocycles. The quantitative estimate of drug-likeness (QED) is 0.902. The molecule has 4 nitrogen and oxygen atoms in total. The molecule has 1 N–H and O–H groups in total. The Hall–Kier alpha value is -1.39. The van der Waals surface area contributed by atoms with Gasteiger partial charge in [-0.05, 0) is 24.2 Å². The second-order valence-corrected chi connectivity index (χ2v) is 4.60. The SMILES string of the molecule is CCNC(Cc1ccn(C)n1)c1ccncc1Cl. The van der Waals surface area contributed by atoms with Gasteiger partial charge in [-0.3, -0.25) is 9.67 Å². The summed E-state index contributed by atoms with van der Waals surface area (Å²) in [5, 5.41) is 8.54. The van der Waals surface area contributed by atoms with Crippen LogP contribution in [0.4, 0.5) is 0 Å². The molecule has 0 saturated carbocycles. The summed E-state index contributed by atoms with van der Waals surface area (Å²) >= 11 is 6.20. The molecule has 0 aliphatic rings. The maximum atomic E-state index is 6.20. The molecule has 2 heterocycles. The van der Waals surface area contributed by atoms with E-state index in [1.165, 1.54) is 0 Å². The number of aromatic nitrogens is 3. The molecule has 0 bridgehead atoms. The van der Waals surface area contributed by atoms with E-state index in [9.17, 15) is 0 Å². The van der Waals surface area contributed by atoms with Crippen molar-refractivity contribution in [2.75, 3.05) is 6.54 Å². The van der Waals surface area contributed by atoms with Crippen LogP contribution < -0.4 is 5.32 Å². The molecule has 0 saturated heterocycles. The number of nitrogens with zero attached hydrogens (tertiary/aromatic N) is 3. The zero-order chi connectivity index (χ0) is 13.0. The molecule has 96 valence electrons. The number of nitrogens with one attached hydrogen (secondary N) is 1. The molecule has 0 fully saturated rings. The highest BCUT2D eigenvalue weighted by Gasteiger charge is 2.15. The molecule has 0 aromatic carbocycles. The van der Waals surface area contributed by atoms with Crippen molar-refractivity contribution < 1.29 is 0 Å². The highest BCUT2D eigenvalue weighted by molar-refractivity contribution is 6.31. The highest BCUT2D eigenvalue weighted by Crippen LogP contribution is 2.24. The van der Waals surface area contributed by atoms with E-state index in [4.69, 9.17) is 11.6 Å². The first-order valence-electron chi connectivity index (χ1n) is 6.02. The molecule has 2 rings (SSSR count). The molecule has 1 atom stereocenters. The van der Waals surface area contributed by atoms with Gasteiger partial charge in [0, 0.05) is 38.1 Å². The number of hydrogen-bond acceptors (Lipinski definition) is 3. The number of aryl methyl sites for hydroxylation is 1. The number of hydrogen-bond donors (Lipinski definition) is 1. The topological polar surface area (TPSA) is 42.7 Å². The zero-order valence-corrected chi connectivity index (χ0v) is 11.4. The van der Waals surface area contributed by atoms with Crippen LogP contribution in [0.15, 0.2) is 30.7 Å². The standard InChI is InChI=1S/C13H17ClN4/c1-3-16-13(8-10-5-7-18(2)17-10)11-4-6-15-9-12(11)14/h4-7,9,13,16H,3,8H2,1-2H3. The summed E-state index contributed by atoms with van der Waals surface area (Å²) in [5.41, 5.74) is 2.12. The lowest BCUT2D eigenvalue weighted by Gasteiger charge is -2.18. The minimum atomic E-state index is 0.167. The van der Waals surface area contributed by atoms with Crippen LogP contribution in [-0.4, -0.2) is 21.3 Å². The maximum absolute atomic E-state index is 6.20. The van der Waals surface area contributed by atoms with Crippen molar-refractivity contribution in [2.45, 2.75) is 19.4 Å². The molecule has 0 spiro atoms. The summed E-state index contributed by atoms with van der Waals surface area (Å²) in [4.78, 5) is 4.02. The lowest BCUT2D eigenvalue weighted by molar-refractivity contribution is 0.539. The van der Waals surface area contributed by atoms with E-state index in [2.05, 4.69) is 22.3 Å². The molecular formula is C13H17ClN4. The Morgan fingerprint density at radius 2 is 2.28 bits per heavy atom. The van der Waals surface area contributed by atoms with Crippen LogP contribution in [0.2, 0.25) is 5.02 Å². The first-order chi connectivity index (χ1) is 8.70. The van der Waals surface area contributed by atoms with Crippen molar-refractivity contribution in [3.8, 4) is 0 Å². The van der Waals surface area contributed by atoms with E-state index >= 15 is 0 Å². The van der Waals surface area contributed by atoms with Gasteiger partial charge in [0.2, 0.25) is 0 Å². The van der Waals surface area contributed by atoms with Gasteiger partial charge in [0.05, 0.1) is 10.7 Å². The highest BCUT2D eigenvalue weighted by atomic mass is 35.5. The van der Waals surface area contributed by atoms with Crippen LogP contribution in [0, 0.1) is 0 Å². The fraction of sp³-hybridized carbons (Fsp3) is 0.385. The predicted molar refractivity (Wildman–Crippen MR) is 72.6 cm³/mol. The molecule has 1 unspecified atom stereocenters. The van der Waals surface area contributed by atoms with Gasteiger partial charge in [0.25, 0.3) is 0 Å². The van der Waals surface area contributed by atoms with E-state index in [-0.39, 0.29) is 6.04 Å². The second kappa shape index (κ2) is 5.98. The third-order valence-corrected chi connectivity index (χ3v) is 3.13. The van der Waals surface area contributed by atoms with Crippen LogP contribution in [0.25, 0.3) is 0 Å². The lowest BCUT2D eigenvalue weighted by atomic mass is 10.0. The summed E-state index contributed by atoms with van der Waals surface area (Å²) in [6.07, 6.45) is 6.22. The maximum Gasteiger partial charge on any atom is 0.0643 e. The summed E-state index contributed by atoms with van der Waals surface area (Å²) in [7, 11) is 1.92. The number of likely N-dealkylation sites (N-methyl/N-ethyl adjacent to an activating group) is 1. The van der Waals surface area contributed by atoms with Gasteiger partial charge in [-0.25, -0.2) is 0 Å². The Labute approximate surface area is 112 Å². The van der Waals surface area contributed by atoms with Gasteiger partial charge in [0.15, 0.2) is 0 Å². The first kappa shape index (κ1) is 13.1. The molecule has 0 aliphatic carbocycles. The second-order valence-electron chi connectivity index (χ2n) is 4.19. The van der Waals surface area contributed by atoms with Crippen molar-refractivity contribution in [3.63, 3.8) is 0 Å². The Morgan fingerprint density at radius 1 is 1.44 bits per heavy atom. The monoisotopic (exact) mass is 264 g/mol. The lowest BCUT2D eigenvalue weighted by Crippen LogP contribution is -2.23. The van der Waals surface area contributed by atoms with Gasteiger partial charge in [0.1, 0.15) is 0 Å². The normalized spacial score (nSPS) is 12.6. The number of halogens is 1. The first-order valence-corrected chi connectivity index (χ1v) is 6.39. The van der Waals surface area contributed by atoms with Crippen LogP contribution in [-0.2, 0) is 13.5 Å². The average molecular weight is 265 g/mol. The molecule has 0 amide bonds. The molecule has 18 heavy (non-hydrogen) atoms. The third-order valence-electron chi connectivity index (χ3n) is 2.81. The van der Waals surface area contributed by atoms with E-state index < -0.39 is 0 Å². The smallest absolute Gasteiger partial charge is 0.0643 e. The largest absolute Gasteiger partial charge is 0.310 e. The van der Waals surface area contributed by atoms with Crippen LogP contribution in [0.1, 0.15) is 24.2 Å². The van der Waals surface area contributed by atoms with Gasteiger partial charge >= 0.3 is 0 Å². The Balaban J connectivity index is 2.20. The van der Waals surface area contributed by atoms with E-state index in [0.717, 1.165) is 24.2 Å². The summed E-state index contributed by atoms with van der Waals surface area (Å²) < 4.78 is 1.81. The third kappa shape index (κ3) is 3.09. The fourth-order valence-corrected chi connectivity index (χ4v) is 2.24. The van der Waals surface area contributed by atoms with Crippen molar-refractivity contribution in [1.82, 2.24) is 20.1 Å². The summed E-state index contributed by atoms with van der Waals surface area (Å²) in [6, 6.07) is 4.15. The van der Waals surface area contributed by atoms with E-state index in [1.807, 2.05) is 30.1 Å². The van der Waals surface area contributed by atoms with Crippen molar-refractivity contribution in [3.05, 3.63) is 47.0 Å². The minimum absolute atomic E-state index is 0.167. The van der Waals surface area contributed by atoms with Gasteiger partial charge in [-0.1, -0.05) is 18.5 Å². The van der Waals surface area contributed by atoms with E-state index in [1.54, 1.807) is 12.4 Å². The van der Waals surface area contributed by atoms with Crippen LogP contribution >= 0.6 is 11.6 Å². The predicted octanol–water partition coefficient (Wildman–Crippen LogP) is 2.36. The summed E-state index contributed by atoms with van der Waals surface area (Å²) in [6.45, 7) is 2.97. The molecule has 5 heteroatoms. The Bertz CT molecular complexity index is 509.